The summed E-state index contributed by atoms with van der Waals surface area (Å²) >= 11 is 0. The number of alkyl carbamates (subject to hydrolysis) is 1. The molecule has 6 unspecified atom stereocenters. The van der Waals surface area contributed by atoms with Crippen molar-refractivity contribution in [2.24, 2.45) is 5.73 Å². The van der Waals surface area contributed by atoms with Crippen molar-refractivity contribution >= 4 is 29.7 Å². The van der Waals surface area contributed by atoms with E-state index >= 15 is 0 Å². The fourth-order valence-corrected chi connectivity index (χ4v) is 5.86. The maximum atomic E-state index is 14.3. The van der Waals surface area contributed by atoms with Gasteiger partial charge in [0.1, 0.15) is 35.1 Å². The number of aliphatic hydroxyl groups is 2. The van der Waals surface area contributed by atoms with Gasteiger partial charge in [0.05, 0.1) is 12.2 Å². The van der Waals surface area contributed by atoms with Crippen LogP contribution in [-0.4, -0.2) is 104 Å². The van der Waals surface area contributed by atoms with Crippen molar-refractivity contribution in [1.29, 1.82) is 0 Å². The lowest BCUT2D eigenvalue weighted by Crippen LogP contribution is -2.65. The average molecular weight is 622 g/mol. The molecular formula is C30H44FN5O8. The van der Waals surface area contributed by atoms with Crippen molar-refractivity contribution in [2.75, 3.05) is 13.1 Å². The van der Waals surface area contributed by atoms with Crippen molar-refractivity contribution in [3.8, 4) is 0 Å². The number of carbonyl (C=O) groups is 5. The number of hydrogen-bond acceptors (Lipinski definition) is 8. The first-order valence-corrected chi connectivity index (χ1v) is 14.8. The third kappa shape index (κ3) is 8.03. The third-order valence-electron chi connectivity index (χ3n) is 7.88. The Balaban J connectivity index is 1.95. The van der Waals surface area contributed by atoms with Crippen LogP contribution in [-0.2, 0) is 30.3 Å². The zero-order valence-electron chi connectivity index (χ0n) is 25.8. The van der Waals surface area contributed by atoms with Gasteiger partial charge in [-0.2, -0.15) is 0 Å². The molecule has 3 rings (SSSR count). The number of benzene rings is 1. The summed E-state index contributed by atoms with van der Waals surface area (Å²) in [7, 11) is 0. The van der Waals surface area contributed by atoms with E-state index in [0.717, 1.165) is 0 Å². The average Bonchev–Trinajstić information content (AvgIpc) is 3.56. The molecule has 0 aliphatic carbocycles. The van der Waals surface area contributed by atoms with Gasteiger partial charge in [-0.15, -0.1) is 0 Å². The molecule has 0 spiro atoms. The molecule has 0 bridgehead atoms. The van der Waals surface area contributed by atoms with Gasteiger partial charge in [0.2, 0.25) is 23.6 Å². The number of nitrogens with one attached hydrogen (secondary N) is 2. The van der Waals surface area contributed by atoms with Crippen LogP contribution >= 0.6 is 0 Å². The fraction of sp³-hybridized carbons (Fsp3) is 0.633. The molecule has 5 amide bonds. The highest BCUT2D eigenvalue weighted by atomic mass is 19.1. The number of nitrogens with zero attached hydrogens (tertiary/aromatic N) is 2. The Hall–Kier alpha value is -3.78. The van der Waals surface area contributed by atoms with Gasteiger partial charge in [-0.05, 0) is 78.0 Å². The van der Waals surface area contributed by atoms with Crippen molar-refractivity contribution in [3.05, 3.63) is 35.6 Å². The van der Waals surface area contributed by atoms with Gasteiger partial charge >= 0.3 is 6.09 Å². The Morgan fingerprint density at radius 1 is 1.07 bits per heavy atom. The minimum atomic E-state index is -1.59. The smallest absolute Gasteiger partial charge is 0.408 e. The molecule has 0 aromatic heterocycles. The second kappa shape index (κ2) is 13.9. The lowest BCUT2D eigenvalue weighted by atomic mass is 9.86. The number of ether oxygens (including phenoxy) is 1. The van der Waals surface area contributed by atoms with Crippen molar-refractivity contribution in [3.63, 3.8) is 0 Å². The Labute approximate surface area is 256 Å². The van der Waals surface area contributed by atoms with E-state index in [2.05, 4.69) is 10.6 Å². The summed E-state index contributed by atoms with van der Waals surface area (Å²) in [5.41, 5.74) is 3.39. The highest BCUT2D eigenvalue weighted by molar-refractivity contribution is 5.98. The van der Waals surface area contributed by atoms with E-state index in [0.29, 0.717) is 18.4 Å². The molecule has 2 heterocycles. The minimum absolute atomic E-state index is 0.106. The van der Waals surface area contributed by atoms with Gasteiger partial charge in [-0.1, -0.05) is 12.1 Å². The number of halogens is 1. The Morgan fingerprint density at radius 2 is 1.73 bits per heavy atom. The number of carbonyl (C=O) groups excluding carboxylic acids is 5. The summed E-state index contributed by atoms with van der Waals surface area (Å²) in [5.74, 6) is -3.50. The number of nitrogens with two attached hydrogens (primary N) is 1. The largest absolute Gasteiger partial charge is 0.444 e. The Morgan fingerprint density at radius 3 is 2.30 bits per heavy atom. The van der Waals surface area contributed by atoms with Gasteiger partial charge < -0.3 is 41.1 Å². The molecule has 2 fully saturated rings. The topological polar surface area (TPSA) is 192 Å². The summed E-state index contributed by atoms with van der Waals surface area (Å²) in [6.45, 7) is 7.86. The number of amides is 5. The van der Waals surface area contributed by atoms with Crippen LogP contribution in [0.15, 0.2) is 24.3 Å². The van der Waals surface area contributed by atoms with Gasteiger partial charge in [-0.25, -0.2) is 9.18 Å². The number of likely N-dealkylation sites (tertiary alicyclic amines) is 2. The molecule has 44 heavy (non-hydrogen) atoms. The van der Waals surface area contributed by atoms with E-state index in [1.807, 2.05) is 0 Å². The van der Waals surface area contributed by atoms with E-state index in [1.54, 1.807) is 26.8 Å². The molecule has 244 valence electrons. The van der Waals surface area contributed by atoms with Gasteiger partial charge in [0.25, 0.3) is 0 Å². The SMILES string of the molecule is CC(O)C(NC(=O)C1(Cc2cccc(F)c2)CCCN1C(=O)C1CCCN1C(=O)C(NC(=O)OC(C)(C)C)C(C)O)C(N)=O. The van der Waals surface area contributed by atoms with Crippen LogP contribution in [0.3, 0.4) is 0 Å². The summed E-state index contributed by atoms with van der Waals surface area (Å²) in [6.07, 6.45) is -2.41. The molecular weight excluding hydrogens is 577 g/mol. The molecule has 2 saturated heterocycles. The Bertz CT molecular complexity index is 1250. The number of hydrogen-bond donors (Lipinski definition) is 5. The van der Waals surface area contributed by atoms with Crippen LogP contribution in [0.4, 0.5) is 9.18 Å². The molecule has 2 aliphatic rings. The van der Waals surface area contributed by atoms with E-state index in [9.17, 15) is 38.6 Å². The van der Waals surface area contributed by atoms with Gasteiger partial charge in [0, 0.05) is 19.5 Å². The van der Waals surface area contributed by atoms with Crippen LogP contribution in [0.25, 0.3) is 0 Å². The Kier molecular flexibility index (Phi) is 11.0. The minimum Gasteiger partial charge on any atom is -0.444 e. The molecule has 13 nitrogen and oxygen atoms in total. The third-order valence-corrected chi connectivity index (χ3v) is 7.88. The lowest BCUT2D eigenvalue weighted by Gasteiger charge is -2.41. The van der Waals surface area contributed by atoms with Crippen LogP contribution in [0, 0.1) is 5.82 Å². The first-order chi connectivity index (χ1) is 20.5. The van der Waals surface area contributed by atoms with E-state index in [-0.39, 0.29) is 32.4 Å². The molecule has 0 radical (unpaired) electrons. The maximum Gasteiger partial charge on any atom is 0.408 e. The van der Waals surface area contributed by atoms with Crippen LogP contribution < -0.4 is 16.4 Å². The van der Waals surface area contributed by atoms with Crippen molar-refractivity contribution in [2.45, 2.75) is 108 Å². The van der Waals surface area contributed by atoms with Gasteiger partial charge in [0.15, 0.2) is 0 Å². The highest BCUT2D eigenvalue weighted by Crippen LogP contribution is 2.36. The van der Waals surface area contributed by atoms with E-state index in [1.165, 1.54) is 41.8 Å². The molecule has 0 saturated carbocycles. The first kappa shape index (κ1) is 34.7. The standard InChI is InChI=1S/C30H44FN5O8/c1-17(37)22(24(32)39)33-27(42)30(16-19-9-6-10-20(31)15-19)12-8-14-36(30)25(40)21-11-7-13-35(21)26(41)23(18(2)38)34-28(43)44-29(3,4)5/h6,9-10,15,17-18,21-23,37-38H,7-8,11-14,16H2,1-5H3,(H2,32,39)(H,33,42)(H,34,43). The van der Waals surface area contributed by atoms with Crippen LogP contribution in [0.2, 0.25) is 0 Å². The molecule has 6 N–H and O–H groups in total. The second-order valence-corrected chi connectivity index (χ2v) is 12.6. The zero-order chi connectivity index (χ0) is 33.0. The maximum absolute atomic E-state index is 14.3. The summed E-state index contributed by atoms with van der Waals surface area (Å²) in [6, 6.07) is 1.71. The summed E-state index contributed by atoms with van der Waals surface area (Å²) in [4.78, 5) is 69.0. The molecule has 2 aliphatic heterocycles. The number of rotatable bonds is 10. The van der Waals surface area contributed by atoms with Crippen molar-refractivity contribution in [1.82, 2.24) is 20.4 Å². The van der Waals surface area contributed by atoms with E-state index in [4.69, 9.17) is 10.5 Å². The predicted molar refractivity (Wildman–Crippen MR) is 156 cm³/mol. The fourth-order valence-electron chi connectivity index (χ4n) is 5.86. The second-order valence-electron chi connectivity index (χ2n) is 12.6. The molecule has 1 aromatic carbocycles. The predicted octanol–water partition coefficient (Wildman–Crippen LogP) is 0.345. The number of primary amides is 1. The van der Waals surface area contributed by atoms with Crippen LogP contribution in [0.1, 0.15) is 65.9 Å². The molecule has 1 aromatic rings. The van der Waals surface area contributed by atoms with E-state index < -0.39 is 77.0 Å². The normalized spacial score (nSPS) is 23.0. The molecule has 14 heteroatoms. The quantitative estimate of drug-likeness (QED) is 0.247. The summed E-state index contributed by atoms with van der Waals surface area (Å²) in [5, 5.41) is 25.4. The van der Waals surface area contributed by atoms with Crippen LogP contribution in [0.5, 0.6) is 0 Å². The van der Waals surface area contributed by atoms with Crippen molar-refractivity contribution < 1.29 is 43.3 Å². The first-order valence-electron chi connectivity index (χ1n) is 14.8. The molecule has 6 atom stereocenters. The lowest BCUT2D eigenvalue weighted by molar-refractivity contribution is -0.153. The monoisotopic (exact) mass is 621 g/mol. The summed E-state index contributed by atoms with van der Waals surface area (Å²) < 4.78 is 19.4. The van der Waals surface area contributed by atoms with Gasteiger partial charge in [-0.3, -0.25) is 19.2 Å². The number of aliphatic hydroxyl groups excluding tert-OH is 2. The highest BCUT2D eigenvalue weighted by Gasteiger charge is 2.53. The zero-order valence-corrected chi connectivity index (χ0v) is 25.8.